The molecule has 2 aromatic carbocycles. The van der Waals surface area contributed by atoms with Crippen molar-refractivity contribution in [1.82, 2.24) is 9.88 Å². The highest BCUT2D eigenvalue weighted by Crippen LogP contribution is 2.22. The van der Waals surface area contributed by atoms with Gasteiger partial charge in [-0.2, -0.15) is 0 Å². The number of hydrogen-bond acceptors (Lipinski definition) is 4. The van der Waals surface area contributed by atoms with Crippen LogP contribution in [0.25, 0.3) is 10.9 Å². The van der Waals surface area contributed by atoms with Crippen molar-refractivity contribution in [2.24, 2.45) is 12.2 Å². The summed E-state index contributed by atoms with van der Waals surface area (Å²) in [6.45, 7) is 0.282. The lowest BCUT2D eigenvalue weighted by Gasteiger charge is -2.10. The minimum absolute atomic E-state index is 0.0265. The predicted molar refractivity (Wildman–Crippen MR) is 108 cm³/mol. The largest absolute Gasteiger partial charge is 0.352 e. The number of amides is 1. The lowest BCUT2D eigenvalue weighted by atomic mass is 10.1. The number of aryl methyl sites for hydroxylation is 1. The third kappa shape index (κ3) is 4.09. The van der Waals surface area contributed by atoms with Crippen LogP contribution in [-0.4, -0.2) is 25.4 Å². The first-order valence-corrected chi connectivity index (χ1v) is 10.3. The number of benzene rings is 2. The van der Waals surface area contributed by atoms with Gasteiger partial charge in [-0.1, -0.05) is 35.9 Å². The van der Waals surface area contributed by atoms with Crippen molar-refractivity contribution in [1.29, 1.82) is 0 Å². The molecule has 3 N–H and O–H groups in total. The molecule has 0 spiro atoms. The maximum absolute atomic E-state index is 12.5. The van der Waals surface area contributed by atoms with Gasteiger partial charge < -0.3 is 9.88 Å². The first-order chi connectivity index (χ1) is 13.2. The van der Waals surface area contributed by atoms with E-state index in [1.807, 2.05) is 0 Å². The minimum atomic E-state index is -3.74. The van der Waals surface area contributed by atoms with E-state index in [0.717, 1.165) is 5.56 Å². The summed E-state index contributed by atoms with van der Waals surface area (Å²) in [6, 6.07) is 12.8. The number of aromatic nitrogens is 1. The number of sulfonamides is 1. The number of para-hydroxylation sites is 1. The highest BCUT2D eigenvalue weighted by atomic mass is 35.5. The van der Waals surface area contributed by atoms with E-state index in [-0.39, 0.29) is 17.0 Å². The van der Waals surface area contributed by atoms with Crippen LogP contribution in [-0.2, 0) is 23.5 Å². The van der Waals surface area contributed by atoms with Crippen molar-refractivity contribution in [3.05, 3.63) is 75.0 Å². The van der Waals surface area contributed by atoms with Gasteiger partial charge in [-0.25, -0.2) is 13.6 Å². The van der Waals surface area contributed by atoms with Crippen LogP contribution < -0.4 is 16.0 Å². The third-order valence-corrected chi connectivity index (χ3v) is 5.62. The Morgan fingerprint density at radius 2 is 1.86 bits per heavy atom. The number of nitrogens with two attached hydrogens (primary N) is 1. The summed E-state index contributed by atoms with van der Waals surface area (Å²) in [6.07, 6.45) is 0.469. The van der Waals surface area contributed by atoms with E-state index in [9.17, 15) is 18.0 Å². The Kier molecular flexibility index (Phi) is 5.55. The summed E-state index contributed by atoms with van der Waals surface area (Å²) < 4.78 is 23.9. The van der Waals surface area contributed by atoms with Crippen LogP contribution in [0.5, 0.6) is 0 Å². The molecule has 1 aromatic heterocycles. The van der Waals surface area contributed by atoms with Crippen molar-refractivity contribution >= 4 is 38.4 Å². The fourth-order valence-electron chi connectivity index (χ4n) is 2.93. The van der Waals surface area contributed by atoms with Crippen LogP contribution in [0.15, 0.2) is 58.2 Å². The topological polar surface area (TPSA) is 111 Å². The molecule has 0 radical (unpaired) electrons. The van der Waals surface area contributed by atoms with Gasteiger partial charge in [-0.15, -0.1) is 0 Å². The normalized spacial score (nSPS) is 11.5. The summed E-state index contributed by atoms with van der Waals surface area (Å²) in [5, 5.41) is 8.90. The monoisotopic (exact) mass is 419 g/mol. The molecule has 0 aliphatic carbocycles. The SMILES string of the molecule is Cn1c(=O)c(C(=O)NCCc2ccc(S(N)(=O)=O)cc2)cc2cccc(Cl)c21. The van der Waals surface area contributed by atoms with Crippen LogP contribution in [0.1, 0.15) is 15.9 Å². The van der Waals surface area contributed by atoms with Gasteiger partial charge in [0.15, 0.2) is 0 Å². The summed E-state index contributed by atoms with van der Waals surface area (Å²) in [7, 11) is -2.17. The molecule has 9 heteroatoms. The van der Waals surface area contributed by atoms with Gasteiger partial charge in [0.1, 0.15) is 5.56 Å². The number of carbonyl (C=O) groups is 1. The Balaban J connectivity index is 1.74. The molecule has 0 unspecified atom stereocenters. The summed E-state index contributed by atoms with van der Waals surface area (Å²) in [5.74, 6) is -0.483. The molecule has 1 amide bonds. The molecular formula is C19H18ClN3O4S. The molecule has 3 rings (SSSR count). The highest BCUT2D eigenvalue weighted by molar-refractivity contribution is 7.89. The maximum atomic E-state index is 12.5. The van der Waals surface area contributed by atoms with Crippen LogP contribution in [0.4, 0.5) is 0 Å². The van der Waals surface area contributed by atoms with Crippen molar-refractivity contribution in [2.75, 3.05) is 6.54 Å². The highest BCUT2D eigenvalue weighted by Gasteiger charge is 2.15. The average molecular weight is 420 g/mol. The molecule has 7 nitrogen and oxygen atoms in total. The van der Waals surface area contributed by atoms with E-state index in [1.165, 1.54) is 22.8 Å². The van der Waals surface area contributed by atoms with Gasteiger partial charge in [-0.05, 0) is 36.2 Å². The maximum Gasteiger partial charge on any atom is 0.263 e. The van der Waals surface area contributed by atoms with Crippen molar-refractivity contribution < 1.29 is 13.2 Å². The van der Waals surface area contributed by atoms with Crippen LogP contribution in [0.3, 0.4) is 0 Å². The molecule has 0 fully saturated rings. The first kappa shape index (κ1) is 20.1. The second-order valence-electron chi connectivity index (χ2n) is 6.29. The molecule has 1 heterocycles. The first-order valence-electron chi connectivity index (χ1n) is 8.36. The number of nitrogens with zero attached hydrogens (tertiary/aromatic N) is 1. The van der Waals surface area contributed by atoms with E-state index in [4.69, 9.17) is 16.7 Å². The smallest absolute Gasteiger partial charge is 0.263 e. The Hall–Kier alpha value is -2.68. The molecule has 0 atom stereocenters. The van der Waals surface area contributed by atoms with Crippen molar-refractivity contribution in [3.63, 3.8) is 0 Å². The van der Waals surface area contributed by atoms with Crippen LogP contribution in [0, 0.1) is 0 Å². The number of rotatable bonds is 5. The Labute approximate surface area is 166 Å². The zero-order valence-electron chi connectivity index (χ0n) is 15.0. The number of carbonyl (C=O) groups excluding carboxylic acids is 1. The molecule has 0 bridgehead atoms. The van der Waals surface area contributed by atoms with Gasteiger partial charge in [0.2, 0.25) is 10.0 Å². The van der Waals surface area contributed by atoms with Gasteiger partial charge in [0.25, 0.3) is 11.5 Å². The van der Waals surface area contributed by atoms with E-state index < -0.39 is 21.5 Å². The van der Waals surface area contributed by atoms with Crippen molar-refractivity contribution in [3.8, 4) is 0 Å². The number of hydrogen-bond donors (Lipinski definition) is 2. The molecular weight excluding hydrogens is 402 g/mol. The second kappa shape index (κ2) is 7.75. The molecule has 0 saturated heterocycles. The number of fused-ring (bicyclic) bond motifs is 1. The number of pyridine rings is 1. The number of nitrogens with one attached hydrogen (secondary N) is 1. The van der Waals surface area contributed by atoms with Gasteiger partial charge in [0, 0.05) is 19.0 Å². The standard InChI is InChI=1S/C19H18ClN3O4S/c1-23-17-13(3-2-4-16(17)20)11-15(19(23)25)18(24)22-10-9-12-5-7-14(8-6-12)28(21,26)27/h2-8,11H,9-10H2,1H3,(H,22,24)(H2,21,26,27). The zero-order valence-corrected chi connectivity index (χ0v) is 16.5. The van der Waals surface area contributed by atoms with E-state index >= 15 is 0 Å². The number of halogens is 1. The summed E-state index contributed by atoms with van der Waals surface area (Å²) in [4.78, 5) is 25.0. The molecule has 0 aliphatic heterocycles. The van der Waals surface area contributed by atoms with Crippen LogP contribution in [0.2, 0.25) is 5.02 Å². The lowest BCUT2D eigenvalue weighted by molar-refractivity contribution is 0.0952. The summed E-state index contributed by atoms with van der Waals surface area (Å²) >= 11 is 6.15. The zero-order chi connectivity index (χ0) is 20.5. The minimum Gasteiger partial charge on any atom is -0.352 e. The number of primary sulfonamides is 1. The predicted octanol–water partition coefficient (Wildman–Crippen LogP) is 1.81. The van der Waals surface area contributed by atoms with Gasteiger partial charge in [-0.3, -0.25) is 9.59 Å². The second-order valence-corrected chi connectivity index (χ2v) is 8.26. The third-order valence-electron chi connectivity index (χ3n) is 4.38. The molecule has 0 saturated carbocycles. The Morgan fingerprint density at radius 1 is 1.18 bits per heavy atom. The van der Waals surface area contributed by atoms with Gasteiger partial charge >= 0.3 is 0 Å². The summed E-state index contributed by atoms with van der Waals surface area (Å²) in [5.41, 5.74) is 0.990. The van der Waals surface area contributed by atoms with E-state index in [2.05, 4.69) is 5.32 Å². The molecule has 0 aliphatic rings. The fraction of sp³-hybridized carbons (Fsp3) is 0.158. The molecule has 3 aromatic rings. The van der Waals surface area contributed by atoms with E-state index in [1.54, 1.807) is 37.4 Å². The van der Waals surface area contributed by atoms with Crippen molar-refractivity contribution in [2.45, 2.75) is 11.3 Å². The fourth-order valence-corrected chi connectivity index (χ4v) is 3.75. The Bertz CT molecular complexity index is 1220. The molecule has 28 heavy (non-hydrogen) atoms. The van der Waals surface area contributed by atoms with Gasteiger partial charge in [0.05, 0.1) is 15.4 Å². The Morgan fingerprint density at radius 3 is 2.50 bits per heavy atom. The quantitative estimate of drug-likeness (QED) is 0.656. The average Bonchev–Trinajstić information content (AvgIpc) is 2.64. The van der Waals surface area contributed by atoms with Crippen LogP contribution >= 0.6 is 11.6 Å². The lowest BCUT2D eigenvalue weighted by Crippen LogP contribution is -2.33. The van der Waals surface area contributed by atoms with E-state index in [0.29, 0.717) is 22.3 Å². The molecule has 146 valence electrons.